The smallest absolute Gasteiger partial charge is 0.194 e. The fraction of sp³-hybridized carbons (Fsp3) is 0.444. The monoisotopic (exact) mass is 372 g/mol. The minimum atomic E-state index is 0.291. The standard InChI is InChI=1S/C27H34N/c1-7-27(5)14-13-21-16-19(4)17-23(26(21)27)25-12-11-22-20(15-18(2)3)9-8-10-24(22)28(25)6/h8-12,16-18H,7,13-15H2,1-6H3/q+1. The Labute approximate surface area is 170 Å². The van der Waals surface area contributed by atoms with E-state index >= 15 is 0 Å². The molecule has 1 aliphatic carbocycles. The van der Waals surface area contributed by atoms with Gasteiger partial charge in [-0.1, -0.05) is 45.9 Å². The van der Waals surface area contributed by atoms with Crippen LogP contribution in [0.15, 0.2) is 42.5 Å². The largest absolute Gasteiger partial charge is 0.213 e. The van der Waals surface area contributed by atoms with E-state index in [1.807, 2.05) is 0 Å². The molecule has 28 heavy (non-hydrogen) atoms. The van der Waals surface area contributed by atoms with Gasteiger partial charge in [-0.15, -0.1) is 0 Å². The van der Waals surface area contributed by atoms with Crippen LogP contribution in [0.1, 0.15) is 62.8 Å². The third-order valence-corrected chi connectivity index (χ3v) is 6.90. The molecule has 1 heterocycles. The molecule has 1 nitrogen and oxygen atoms in total. The van der Waals surface area contributed by atoms with Gasteiger partial charge in [0.25, 0.3) is 0 Å². The van der Waals surface area contributed by atoms with Gasteiger partial charge in [0, 0.05) is 17.5 Å². The Balaban J connectivity index is 1.96. The van der Waals surface area contributed by atoms with Crippen molar-refractivity contribution >= 4 is 10.9 Å². The van der Waals surface area contributed by atoms with Gasteiger partial charge in [0.15, 0.2) is 0 Å². The van der Waals surface area contributed by atoms with Gasteiger partial charge in [0.1, 0.15) is 7.05 Å². The Kier molecular flexibility index (Phi) is 4.81. The number of nitrogens with zero attached hydrogens (tertiary/aromatic N) is 1. The second-order valence-corrected chi connectivity index (χ2v) is 9.49. The highest BCUT2D eigenvalue weighted by atomic mass is 14.9. The van der Waals surface area contributed by atoms with Gasteiger partial charge < -0.3 is 0 Å². The van der Waals surface area contributed by atoms with Crippen LogP contribution >= 0.6 is 0 Å². The quantitative estimate of drug-likeness (QED) is 0.463. The molecule has 0 bridgehead atoms. The van der Waals surface area contributed by atoms with E-state index in [4.69, 9.17) is 0 Å². The van der Waals surface area contributed by atoms with Crippen LogP contribution in [-0.2, 0) is 25.3 Å². The van der Waals surface area contributed by atoms with Gasteiger partial charge >= 0.3 is 0 Å². The molecular formula is C27H34N+. The molecule has 1 unspecified atom stereocenters. The maximum Gasteiger partial charge on any atom is 0.213 e. The molecule has 0 saturated carbocycles. The highest BCUT2D eigenvalue weighted by molar-refractivity contribution is 5.82. The van der Waals surface area contributed by atoms with Gasteiger partial charge in [0.2, 0.25) is 11.2 Å². The molecule has 0 saturated heterocycles. The van der Waals surface area contributed by atoms with Crippen molar-refractivity contribution in [1.29, 1.82) is 0 Å². The van der Waals surface area contributed by atoms with Gasteiger partial charge in [-0.2, -0.15) is 4.57 Å². The first-order valence-electron chi connectivity index (χ1n) is 10.9. The molecule has 1 aliphatic rings. The molecule has 0 radical (unpaired) electrons. The molecule has 146 valence electrons. The minimum absolute atomic E-state index is 0.291. The molecule has 1 heteroatoms. The summed E-state index contributed by atoms with van der Waals surface area (Å²) < 4.78 is 2.42. The predicted molar refractivity (Wildman–Crippen MR) is 120 cm³/mol. The molecule has 0 fully saturated rings. The molecule has 1 aromatic heterocycles. The van der Waals surface area contributed by atoms with Gasteiger partial charge in [-0.25, -0.2) is 0 Å². The zero-order valence-electron chi connectivity index (χ0n) is 18.4. The van der Waals surface area contributed by atoms with E-state index in [1.165, 1.54) is 52.5 Å². The molecule has 1 atom stereocenters. The first-order chi connectivity index (χ1) is 13.3. The Hall–Kier alpha value is -2.15. The van der Waals surface area contributed by atoms with Gasteiger partial charge in [0.05, 0.1) is 5.56 Å². The zero-order valence-corrected chi connectivity index (χ0v) is 18.4. The van der Waals surface area contributed by atoms with Crippen LogP contribution in [0.3, 0.4) is 0 Å². The van der Waals surface area contributed by atoms with E-state index in [0.717, 1.165) is 6.42 Å². The Morgan fingerprint density at radius 2 is 1.89 bits per heavy atom. The van der Waals surface area contributed by atoms with Gasteiger partial charge in [-0.3, -0.25) is 0 Å². The average molecular weight is 373 g/mol. The fourth-order valence-corrected chi connectivity index (χ4v) is 5.24. The highest BCUT2D eigenvalue weighted by Crippen LogP contribution is 2.46. The molecule has 0 aliphatic heterocycles. The summed E-state index contributed by atoms with van der Waals surface area (Å²) >= 11 is 0. The van der Waals surface area contributed by atoms with Crippen molar-refractivity contribution in [2.24, 2.45) is 13.0 Å². The van der Waals surface area contributed by atoms with E-state index in [0.29, 0.717) is 11.3 Å². The van der Waals surface area contributed by atoms with Crippen LogP contribution in [0, 0.1) is 12.8 Å². The zero-order chi connectivity index (χ0) is 20.1. The molecule has 0 N–H and O–H groups in total. The maximum atomic E-state index is 2.46. The number of benzene rings is 2. The first kappa shape index (κ1) is 19.2. The minimum Gasteiger partial charge on any atom is -0.194 e. The summed E-state index contributed by atoms with van der Waals surface area (Å²) in [5.74, 6) is 0.667. The van der Waals surface area contributed by atoms with Gasteiger partial charge in [-0.05, 0) is 78.3 Å². The summed E-state index contributed by atoms with van der Waals surface area (Å²) in [4.78, 5) is 0. The fourth-order valence-electron chi connectivity index (χ4n) is 5.24. The predicted octanol–water partition coefficient (Wildman–Crippen LogP) is 6.45. The summed E-state index contributed by atoms with van der Waals surface area (Å²) in [6.07, 6.45) is 4.81. The van der Waals surface area contributed by atoms with Crippen LogP contribution in [0.25, 0.3) is 22.2 Å². The lowest BCUT2D eigenvalue weighted by Crippen LogP contribution is -2.33. The molecule has 0 amide bonds. The van der Waals surface area contributed by atoms with Crippen LogP contribution in [0.4, 0.5) is 0 Å². The molecule has 0 spiro atoms. The van der Waals surface area contributed by atoms with Crippen molar-refractivity contribution in [3.8, 4) is 11.3 Å². The van der Waals surface area contributed by atoms with Crippen molar-refractivity contribution in [3.63, 3.8) is 0 Å². The maximum absolute atomic E-state index is 2.46. The van der Waals surface area contributed by atoms with E-state index in [9.17, 15) is 0 Å². The van der Waals surface area contributed by atoms with E-state index in [2.05, 4.69) is 88.7 Å². The Bertz CT molecular complexity index is 1040. The lowest BCUT2D eigenvalue weighted by Gasteiger charge is -2.26. The van der Waals surface area contributed by atoms with Crippen LogP contribution < -0.4 is 4.57 Å². The average Bonchev–Trinajstić information content (AvgIpc) is 2.99. The molecule has 4 rings (SSSR count). The summed E-state index contributed by atoms with van der Waals surface area (Å²) in [5, 5.41) is 1.39. The molecule has 3 aromatic rings. The summed E-state index contributed by atoms with van der Waals surface area (Å²) in [7, 11) is 2.24. The molecular weight excluding hydrogens is 338 g/mol. The Morgan fingerprint density at radius 1 is 1.11 bits per heavy atom. The van der Waals surface area contributed by atoms with Crippen molar-refractivity contribution in [1.82, 2.24) is 0 Å². The number of aryl methyl sites for hydroxylation is 3. The number of rotatable bonds is 4. The van der Waals surface area contributed by atoms with Crippen LogP contribution in [0.2, 0.25) is 0 Å². The summed E-state index contributed by atoms with van der Waals surface area (Å²) in [6.45, 7) is 11.6. The van der Waals surface area contributed by atoms with Crippen LogP contribution in [0.5, 0.6) is 0 Å². The number of hydrogen-bond donors (Lipinski definition) is 0. The number of aromatic nitrogens is 1. The first-order valence-corrected chi connectivity index (χ1v) is 10.9. The van der Waals surface area contributed by atoms with E-state index < -0.39 is 0 Å². The number of hydrogen-bond acceptors (Lipinski definition) is 0. The second-order valence-electron chi connectivity index (χ2n) is 9.49. The summed E-state index contributed by atoms with van der Waals surface area (Å²) in [5.41, 5.74) is 10.4. The van der Waals surface area contributed by atoms with Crippen LogP contribution in [-0.4, -0.2) is 0 Å². The van der Waals surface area contributed by atoms with E-state index in [1.54, 1.807) is 11.1 Å². The number of pyridine rings is 1. The van der Waals surface area contributed by atoms with Crippen molar-refractivity contribution in [2.45, 2.75) is 65.7 Å². The highest BCUT2D eigenvalue weighted by Gasteiger charge is 2.37. The SMILES string of the molecule is CCC1(C)CCc2cc(C)cc(-c3ccc4c(CC(C)C)cccc4[n+]3C)c21. The van der Waals surface area contributed by atoms with E-state index in [-0.39, 0.29) is 0 Å². The number of fused-ring (bicyclic) bond motifs is 2. The third kappa shape index (κ3) is 3.05. The lowest BCUT2D eigenvalue weighted by molar-refractivity contribution is -0.633. The van der Waals surface area contributed by atoms with Crippen molar-refractivity contribution < 1.29 is 4.57 Å². The Morgan fingerprint density at radius 3 is 2.61 bits per heavy atom. The normalized spacial score (nSPS) is 18.8. The lowest BCUT2D eigenvalue weighted by atomic mass is 9.78. The topological polar surface area (TPSA) is 3.88 Å². The second kappa shape index (κ2) is 7.03. The third-order valence-electron chi connectivity index (χ3n) is 6.90. The summed E-state index contributed by atoms with van der Waals surface area (Å²) in [6, 6.07) is 16.3. The molecule has 2 aromatic carbocycles. The van der Waals surface area contributed by atoms with Crippen molar-refractivity contribution in [2.75, 3.05) is 0 Å². The van der Waals surface area contributed by atoms with Crippen molar-refractivity contribution in [3.05, 3.63) is 64.7 Å².